The lowest BCUT2D eigenvalue weighted by Gasteiger charge is -2.41. The van der Waals surface area contributed by atoms with E-state index in [0.717, 1.165) is 43.1 Å². The lowest BCUT2D eigenvalue weighted by molar-refractivity contribution is -0.0670. The zero-order valence-electron chi connectivity index (χ0n) is 14.3. The maximum Gasteiger partial charge on any atom is 0.141 e. The van der Waals surface area contributed by atoms with Crippen LogP contribution in [-0.4, -0.2) is 53.3 Å². The van der Waals surface area contributed by atoms with Crippen molar-refractivity contribution in [2.45, 2.75) is 31.7 Å². The summed E-state index contributed by atoms with van der Waals surface area (Å²) < 4.78 is 18.8. The first kappa shape index (κ1) is 16.6. The number of ether oxygens (including phenoxy) is 3. The number of nitrogens with zero attached hydrogens (tertiary/aromatic N) is 4. The molecule has 0 N–H and O–H groups in total. The van der Waals surface area contributed by atoms with Crippen molar-refractivity contribution >= 4 is 11.6 Å². The minimum absolute atomic E-state index is 0.194. The molecule has 1 aromatic heterocycles. The van der Waals surface area contributed by atoms with Crippen LogP contribution in [0.3, 0.4) is 0 Å². The summed E-state index contributed by atoms with van der Waals surface area (Å²) in [5.41, 5.74) is 2.08. The highest BCUT2D eigenvalue weighted by Gasteiger charge is 2.36. The van der Waals surface area contributed by atoms with Crippen molar-refractivity contribution in [3.63, 3.8) is 0 Å². The standard InChI is InChI=1S/C17H21ClN4O3/c1-23-16-6-17(24-2)13(18)5-11(16)8-21-4-3-15-14(9-21)22-12(10-25-15)7-19-20-22/h5-7,14-15H,3-4,8-10H2,1-2H3/t14-,15+/m1/s1. The zero-order chi connectivity index (χ0) is 17.4. The van der Waals surface area contributed by atoms with Crippen LogP contribution in [0.15, 0.2) is 18.3 Å². The molecular weight excluding hydrogens is 344 g/mol. The molecule has 0 bridgehead atoms. The second kappa shape index (κ2) is 6.82. The quantitative estimate of drug-likeness (QED) is 0.829. The molecule has 0 aliphatic carbocycles. The van der Waals surface area contributed by atoms with Gasteiger partial charge in [0.25, 0.3) is 0 Å². The molecule has 2 aliphatic rings. The van der Waals surface area contributed by atoms with Gasteiger partial charge in [-0.05, 0) is 12.5 Å². The summed E-state index contributed by atoms with van der Waals surface area (Å²) in [6.07, 6.45) is 2.95. The van der Waals surface area contributed by atoms with Crippen LogP contribution in [0.5, 0.6) is 11.5 Å². The second-order valence-electron chi connectivity index (χ2n) is 6.41. The second-order valence-corrected chi connectivity index (χ2v) is 6.82. The summed E-state index contributed by atoms with van der Waals surface area (Å²) in [7, 11) is 3.26. The van der Waals surface area contributed by atoms with E-state index in [9.17, 15) is 0 Å². The molecule has 134 valence electrons. The van der Waals surface area contributed by atoms with E-state index in [0.29, 0.717) is 17.4 Å². The Hall–Kier alpha value is -1.83. The molecule has 1 saturated heterocycles. The van der Waals surface area contributed by atoms with Gasteiger partial charge in [0.1, 0.15) is 11.5 Å². The lowest BCUT2D eigenvalue weighted by atomic mass is 9.99. The van der Waals surface area contributed by atoms with Crippen molar-refractivity contribution in [2.75, 3.05) is 27.3 Å². The third-order valence-electron chi connectivity index (χ3n) is 4.96. The number of methoxy groups -OCH3 is 2. The Morgan fingerprint density at radius 2 is 2.12 bits per heavy atom. The fourth-order valence-electron chi connectivity index (χ4n) is 3.68. The predicted octanol–water partition coefficient (Wildman–Crippen LogP) is 2.29. The summed E-state index contributed by atoms with van der Waals surface area (Å²) in [6.45, 7) is 3.15. The number of rotatable bonds is 4. The Bertz CT molecular complexity index is 766. The SMILES string of the molecule is COc1cc(OC)c(CN2CC[C@@H]3OCc4cnnn4[C@@H]3C2)cc1Cl. The first-order chi connectivity index (χ1) is 12.2. The summed E-state index contributed by atoms with van der Waals surface area (Å²) in [5, 5.41) is 8.87. The van der Waals surface area contributed by atoms with Crippen molar-refractivity contribution in [1.82, 2.24) is 19.9 Å². The van der Waals surface area contributed by atoms with E-state index in [1.807, 2.05) is 16.8 Å². The van der Waals surface area contributed by atoms with Crippen molar-refractivity contribution < 1.29 is 14.2 Å². The van der Waals surface area contributed by atoms with E-state index in [4.69, 9.17) is 25.8 Å². The van der Waals surface area contributed by atoms with Gasteiger partial charge in [-0.3, -0.25) is 4.90 Å². The molecule has 3 heterocycles. The summed E-state index contributed by atoms with van der Waals surface area (Å²) >= 11 is 6.30. The number of likely N-dealkylation sites (tertiary alicyclic amines) is 1. The van der Waals surface area contributed by atoms with Gasteiger partial charge in [-0.15, -0.1) is 5.10 Å². The maximum atomic E-state index is 6.30. The van der Waals surface area contributed by atoms with Gasteiger partial charge in [0, 0.05) is 31.3 Å². The van der Waals surface area contributed by atoms with Crippen LogP contribution in [0, 0.1) is 0 Å². The third-order valence-corrected chi connectivity index (χ3v) is 5.26. The van der Waals surface area contributed by atoms with Gasteiger partial charge in [0.2, 0.25) is 0 Å². The molecule has 1 aromatic carbocycles. The Kier molecular flexibility index (Phi) is 4.54. The fourth-order valence-corrected chi connectivity index (χ4v) is 3.94. The topological polar surface area (TPSA) is 61.6 Å². The largest absolute Gasteiger partial charge is 0.496 e. The number of fused-ring (bicyclic) bond motifs is 3. The monoisotopic (exact) mass is 364 g/mol. The van der Waals surface area contributed by atoms with Crippen LogP contribution in [0.1, 0.15) is 23.7 Å². The van der Waals surface area contributed by atoms with E-state index in [1.165, 1.54) is 0 Å². The van der Waals surface area contributed by atoms with E-state index >= 15 is 0 Å². The van der Waals surface area contributed by atoms with E-state index in [-0.39, 0.29) is 12.1 Å². The average molecular weight is 365 g/mol. The highest BCUT2D eigenvalue weighted by atomic mass is 35.5. The summed E-state index contributed by atoms with van der Waals surface area (Å²) in [4.78, 5) is 2.38. The summed E-state index contributed by atoms with van der Waals surface area (Å²) in [6, 6.07) is 3.95. The minimum Gasteiger partial charge on any atom is -0.496 e. The van der Waals surface area contributed by atoms with Crippen LogP contribution in [0.2, 0.25) is 5.02 Å². The predicted molar refractivity (Wildman–Crippen MR) is 92.1 cm³/mol. The molecule has 0 spiro atoms. The normalized spacial score (nSPS) is 23.0. The first-order valence-corrected chi connectivity index (χ1v) is 8.71. The van der Waals surface area contributed by atoms with Crippen molar-refractivity contribution in [3.8, 4) is 11.5 Å². The van der Waals surface area contributed by atoms with Crippen LogP contribution in [-0.2, 0) is 17.9 Å². The molecule has 2 atom stereocenters. The molecule has 25 heavy (non-hydrogen) atoms. The average Bonchev–Trinajstić information content (AvgIpc) is 3.11. The van der Waals surface area contributed by atoms with E-state index < -0.39 is 0 Å². The van der Waals surface area contributed by atoms with E-state index in [1.54, 1.807) is 20.4 Å². The molecule has 0 amide bonds. The maximum absolute atomic E-state index is 6.30. The Labute approximate surface area is 151 Å². The van der Waals surface area contributed by atoms with Gasteiger partial charge in [0.15, 0.2) is 0 Å². The third kappa shape index (κ3) is 3.07. The van der Waals surface area contributed by atoms with Crippen molar-refractivity contribution in [1.29, 1.82) is 0 Å². The number of aromatic nitrogens is 3. The molecule has 0 unspecified atom stereocenters. The van der Waals surface area contributed by atoms with Crippen molar-refractivity contribution in [3.05, 3.63) is 34.6 Å². The fraction of sp³-hybridized carbons (Fsp3) is 0.529. The highest BCUT2D eigenvalue weighted by molar-refractivity contribution is 6.32. The first-order valence-electron chi connectivity index (χ1n) is 8.33. The number of hydrogen-bond donors (Lipinski definition) is 0. The van der Waals surface area contributed by atoms with Gasteiger partial charge in [-0.25, -0.2) is 4.68 Å². The smallest absolute Gasteiger partial charge is 0.141 e. The molecule has 7 nitrogen and oxygen atoms in total. The zero-order valence-corrected chi connectivity index (χ0v) is 15.1. The van der Waals surface area contributed by atoms with Crippen LogP contribution >= 0.6 is 11.6 Å². The molecular formula is C17H21ClN4O3. The molecule has 0 saturated carbocycles. The molecule has 2 aromatic rings. The van der Waals surface area contributed by atoms with Gasteiger partial charge >= 0.3 is 0 Å². The van der Waals surface area contributed by atoms with Gasteiger partial charge in [0.05, 0.1) is 49.9 Å². The van der Waals surface area contributed by atoms with Crippen LogP contribution in [0.25, 0.3) is 0 Å². The van der Waals surface area contributed by atoms with E-state index in [2.05, 4.69) is 15.2 Å². The molecule has 4 rings (SSSR count). The summed E-state index contributed by atoms with van der Waals surface area (Å²) in [5.74, 6) is 1.40. The Morgan fingerprint density at radius 3 is 2.92 bits per heavy atom. The number of benzene rings is 1. The number of piperidine rings is 1. The van der Waals surface area contributed by atoms with Crippen molar-refractivity contribution in [2.24, 2.45) is 0 Å². The lowest BCUT2D eigenvalue weighted by Crippen LogP contribution is -2.47. The highest BCUT2D eigenvalue weighted by Crippen LogP contribution is 2.35. The molecule has 1 fully saturated rings. The van der Waals surface area contributed by atoms with Gasteiger partial charge < -0.3 is 14.2 Å². The molecule has 2 aliphatic heterocycles. The number of halogens is 1. The molecule has 8 heteroatoms. The minimum atomic E-state index is 0.194. The van der Waals surface area contributed by atoms with Gasteiger partial charge in [-0.1, -0.05) is 16.8 Å². The van der Waals surface area contributed by atoms with Gasteiger partial charge in [-0.2, -0.15) is 0 Å². The molecule has 0 radical (unpaired) electrons. The Balaban J connectivity index is 1.54. The van der Waals surface area contributed by atoms with Crippen LogP contribution in [0.4, 0.5) is 0 Å². The Morgan fingerprint density at radius 1 is 1.28 bits per heavy atom. The number of hydrogen-bond acceptors (Lipinski definition) is 6. The van der Waals surface area contributed by atoms with Crippen LogP contribution < -0.4 is 9.47 Å².